The Kier molecular flexibility index (Phi) is 6.38. The van der Waals surface area contributed by atoms with Crippen molar-refractivity contribution in [2.75, 3.05) is 11.5 Å². The Morgan fingerprint density at radius 2 is 1.61 bits per heavy atom. The van der Waals surface area contributed by atoms with E-state index in [1.807, 2.05) is 13.8 Å². The Morgan fingerprint density at radius 1 is 1.06 bits per heavy atom. The van der Waals surface area contributed by atoms with Crippen molar-refractivity contribution in [2.24, 2.45) is 0 Å². The second-order valence-electron chi connectivity index (χ2n) is 9.37. The molecule has 4 N–H and O–H groups in total. The van der Waals surface area contributed by atoms with E-state index in [4.69, 9.17) is 11.5 Å². The van der Waals surface area contributed by atoms with Crippen LogP contribution >= 0.6 is 11.3 Å². The minimum absolute atomic E-state index is 0.0473. The third-order valence-corrected chi connectivity index (χ3v) is 8.08. The molecule has 0 saturated heterocycles. The average Bonchev–Trinajstić information content (AvgIpc) is 3.10. The van der Waals surface area contributed by atoms with Gasteiger partial charge in [-0.3, -0.25) is 4.79 Å². The SMILES string of the molecule is CC(C)c1c(C#N)c(N)nc2sc(C(=O)N(C3CCCCC3)C3CCCCC3)c(N)c12. The van der Waals surface area contributed by atoms with Gasteiger partial charge < -0.3 is 16.4 Å². The number of aromatic nitrogens is 1. The highest BCUT2D eigenvalue weighted by atomic mass is 32.1. The van der Waals surface area contributed by atoms with E-state index in [0.29, 0.717) is 33.0 Å². The minimum Gasteiger partial charge on any atom is -0.397 e. The molecular formula is C24H33N5OS. The molecule has 2 heterocycles. The van der Waals surface area contributed by atoms with Crippen molar-refractivity contribution in [3.05, 3.63) is 16.0 Å². The van der Waals surface area contributed by atoms with Gasteiger partial charge in [0.15, 0.2) is 0 Å². The number of nitrogens with zero attached hydrogens (tertiary/aromatic N) is 3. The molecule has 2 aliphatic rings. The fourth-order valence-corrected chi connectivity index (χ4v) is 6.58. The van der Waals surface area contributed by atoms with E-state index in [-0.39, 0.29) is 17.6 Å². The van der Waals surface area contributed by atoms with Crippen LogP contribution in [0, 0.1) is 11.3 Å². The van der Waals surface area contributed by atoms with Crippen LogP contribution in [0.25, 0.3) is 10.2 Å². The number of hydrogen-bond acceptors (Lipinski definition) is 6. The van der Waals surface area contributed by atoms with Gasteiger partial charge in [-0.15, -0.1) is 11.3 Å². The molecule has 1 amide bonds. The number of pyridine rings is 1. The summed E-state index contributed by atoms with van der Waals surface area (Å²) in [6.07, 6.45) is 11.6. The Bertz CT molecular complexity index is 991. The molecule has 0 atom stereocenters. The second kappa shape index (κ2) is 9.04. The molecule has 6 nitrogen and oxygen atoms in total. The molecule has 2 aromatic rings. The van der Waals surface area contributed by atoms with Crippen molar-refractivity contribution in [1.29, 1.82) is 5.26 Å². The fourth-order valence-electron chi connectivity index (χ4n) is 5.52. The van der Waals surface area contributed by atoms with E-state index in [9.17, 15) is 10.1 Å². The maximum atomic E-state index is 14.0. The van der Waals surface area contributed by atoms with Gasteiger partial charge in [-0.25, -0.2) is 4.98 Å². The number of nitriles is 1. The highest BCUT2D eigenvalue weighted by molar-refractivity contribution is 7.21. The molecule has 0 unspecified atom stereocenters. The number of carbonyl (C=O) groups is 1. The Hall–Kier alpha value is -2.33. The van der Waals surface area contributed by atoms with Crippen molar-refractivity contribution in [3.8, 4) is 6.07 Å². The summed E-state index contributed by atoms with van der Waals surface area (Å²) in [5.41, 5.74) is 14.4. The predicted octanol–water partition coefficient (Wildman–Crippen LogP) is 5.56. The lowest BCUT2D eigenvalue weighted by molar-refractivity contribution is 0.0454. The van der Waals surface area contributed by atoms with Gasteiger partial charge in [0.2, 0.25) is 0 Å². The molecule has 0 spiro atoms. The largest absolute Gasteiger partial charge is 0.397 e. The van der Waals surface area contributed by atoms with Gasteiger partial charge in [-0.2, -0.15) is 5.26 Å². The van der Waals surface area contributed by atoms with Gasteiger partial charge in [0.05, 0.1) is 11.3 Å². The zero-order valence-electron chi connectivity index (χ0n) is 18.6. The molecule has 7 heteroatoms. The van der Waals surface area contributed by atoms with Crippen LogP contribution in [0.5, 0.6) is 0 Å². The molecule has 0 bridgehead atoms. The lowest BCUT2D eigenvalue weighted by Gasteiger charge is -2.41. The molecule has 166 valence electrons. The van der Waals surface area contributed by atoms with E-state index < -0.39 is 0 Å². The van der Waals surface area contributed by atoms with Crippen molar-refractivity contribution in [2.45, 2.75) is 96.1 Å². The molecule has 2 saturated carbocycles. The van der Waals surface area contributed by atoms with E-state index in [1.165, 1.54) is 49.9 Å². The van der Waals surface area contributed by atoms with Crippen LogP contribution in [0.3, 0.4) is 0 Å². The third-order valence-electron chi connectivity index (χ3n) is 7.00. The minimum atomic E-state index is 0.0473. The van der Waals surface area contributed by atoms with Crippen LogP contribution in [0.4, 0.5) is 11.5 Å². The third kappa shape index (κ3) is 3.98. The number of amides is 1. The van der Waals surface area contributed by atoms with Crippen molar-refractivity contribution in [1.82, 2.24) is 9.88 Å². The molecule has 31 heavy (non-hydrogen) atoms. The highest BCUT2D eigenvalue weighted by Crippen LogP contribution is 2.42. The summed E-state index contributed by atoms with van der Waals surface area (Å²) in [5.74, 6) is 0.316. The molecule has 2 fully saturated rings. The first-order valence-electron chi connectivity index (χ1n) is 11.7. The number of hydrogen-bond donors (Lipinski definition) is 2. The number of nitrogen functional groups attached to an aromatic ring is 2. The quantitative estimate of drug-likeness (QED) is 0.648. The lowest BCUT2D eigenvalue weighted by atomic mass is 9.88. The highest BCUT2D eigenvalue weighted by Gasteiger charge is 2.35. The first-order chi connectivity index (χ1) is 14.9. The maximum Gasteiger partial charge on any atom is 0.266 e. The summed E-state index contributed by atoms with van der Waals surface area (Å²) in [6, 6.07) is 2.79. The molecule has 0 aromatic carbocycles. The van der Waals surface area contributed by atoms with Gasteiger partial charge in [-0.05, 0) is 37.2 Å². The molecular weight excluding hydrogens is 406 g/mol. The lowest BCUT2D eigenvalue weighted by Crippen LogP contribution is -2.48. The normalized spacial score (nSPS) is 18.4. The number of anilines is 2. The summed E-state index contributed by atoms with van der Waals surface area (Å²) >= 11 is 1.34. The molecule has 0 aliphatic heterocycles. The summed E-state index contributed by atoms with van der Waals surface area (Å²) in [4.78, 5) is 21.9. The van der Waals surface area contributed by atoms with Crippen LogP contribution < -0.4 is 11.5 Å². The van der Waals surface area contributed by atoms with Crippen molar-refractivity contribution >= 4 is 39.0 Å². The topological polar surface area (TPSA) is 109 Å². The standard InChI is InChI=1S/C24H33N5OS/c1-14(2)18-17(13-25)22(27)28-23-19(18)20(26)21(31-23)24(30)29(15-9-5-3-6-10-15)16-11-7-4-8-12-16/h14-16H,3-12,26H2,1-2H3,(H2,27,28). The molecule has 2 aliphatic carbocycles. The number of fused-ring (bicyclic) bond motifs is 1. The van der Waals surface area contributed by atoms with Crippen LogP contribution in [-0.4, -0.2) is 27.9 Å². The van der Waals surface area contributed by atoms with Crippen LogP contribution in [0.2, 0.25) is 0 Å². The number of nitrogens with two attached hydrogens (primary N) is 2. The van der Waals surface area contributed by atoms with Crippen LogP contribution in [-0.2, 0) is 0 Å². The van der Waals surface area contributed by atoms with E-state index >= 15 is 0 Å². The van der Waals surface area contributed by atoms with Crippen molar-refractivity contribution < 1.29 is 4.79 Å². The van der Waals surface area contributed by atoms with Crippen LogP contribution in [0.1, 0.15) is 105 Å². The smallest absolute Gasteiger partial charge is 0.266 e. The molecule has 2 aromatic heterocycles. The number of rotatable bonds is 4. The zero-order valence-corrected chi connectivity index (χ0v) is 19.4. The first-order valence-corrected chi connectivity index (χ1v) is 12.5. The summed E-state index contributed by atoms with van der Waals surface area (Å²) in [6.45, 7) is 4.04. The monoisotopic (exact) mass is 439 g/mol. The van der Waals surface area contributed by atoms with E-state index in [0.717, 1.165) is 36.6 Å². The molecule has 0 radical (unpaired) electrons. The van der Waals surface area contributed by atoms with Gasteiger partial charge in [0.25, 0.3) is 5.91 Å². The Balaban J connectivity index is 1.82. The number of carbonyl (C=O) groups excluding carboxylic acids is 1. The predicted molar refractivity (Wildman–Crippen MR) is 127 cm³/mol. The maximum absolute atomic E-state index is 14.0. The zero-order chi connectivity index (χ0) is 22.1. The Morgan fingerprint density at radius 3 is 2.10 bits per heavy atom. The average molecular weight is 440 g/mol. The van der Waals surface area contributed by atoms with Gasteiger partial charge in [-0.1, -0.05) is 52.4 Å². The first kappa shape index (κ1) is 21.9. The summed E-state index contributed by atoms with van der Waals surface area (Å²) in [5, 5.41) is 10.4. The van der Waals surface area contributed by atoms with E-state index in [2.05, 4.69) is 16.0 Å². The van der Waals surface area contributed by atoms with E-state index in [1.54, 1.807) is 0 Å². The molecule has 4 rings (SSSR count). The van der Waals surface area contributed by atoms with Gasteiger partial charge in [0, 0.05) is 17.5 Å². The van der Waals surface area contributed by atoms with Gasteiger partial charge >= 0.3 is 0 Å². The summed E-state index contributed by atoms with van der Waals surface area (Å²) < 4.78 is 0. The number of thiophene rings is 1. The second-order valence-corrected chi connectivity index (χ2v) is 10.4. The fraction of sp³-hybridized carbons (Fsp3) is 0.625. The van der Waals surface area contributed by atoms with Crippen molar-refractivity contribution in [3.63, 3.8) is 0 Å². The van der Waals surface area contributed by atoms with Crippen LogP contribution in [0.15, 0.2) is 0 Å². The summed E-state index contributed by atoms with van der Waals surface area (Å²) in [7, 11) is 0. The Labute approximate surface area is 188 Å². The van der Waals surface area contributed by atoms with Gasteiger partial charge in [0.1, 0.15) is 21.6 Å².